The van der Waals surface area contributed by atoms with Crippen molar-refractivity contribution >= 4 is 5.97 Å². The lowest BCUT2D eigenvalue weighted by Gasteiger charge is -2.07. The van der Waals surface area contributed by atoms with E-state index in [0.29, 0.717) is 6.07 Å². The summed E-state index contributed by atoms with van der Waals surface area (Å²) in [5.41, 5.74) is 1.31. The van der Waals surface area contributed by atoms with Crippen molar-refractivity contribution in [1.82, 2.24) is 0 Å². The molecule has 0 spiro atoms. The highest BCUT2D eigenvalue weighted by Crippen LogP contribution is 2.23. The summed E-state index contributed by atoms with van der Waals surface area (Å²) in [4.78, 5) is 11.9. The monoisotopic (exact) mass is 322 g/mol. The van der Waals surface area contributed by atoms with Gasteiger partial charge in [0.1, 0.15) is 0 Å². The molecular weight excluding hydrogens is 305 g/mol. The second-order valence-corrected chi connectivity index (χ2v) is 5.22. The third kappa shape index (κ3) is 4.34. The van der Waals surface area contributed by atoms with Gasteiger partial charge in [0.15, 0.2) is 17.4 Å². The summed E-state index contributed by atoms with van der Waals surface area (Å²) in [5, 5.41) is 0. The van der Waals surface area contributed by atoms with E-state index < -0.39 is 29.2 Å². The number of ether oxygens (including phenoxy) is 1. The van der Waals surface area contributed by atoms with Gasteiger partial charge < -0.3 is 4.74 Å². The number of carbonyl (C=O) groups excluding carboxylic acids is 1. The van der Waals surface area contributed by atoms with E-state index >= 15 is 0 Å². The maximum Gasteiger partial charge on any atom is 0.343 e. The van der Waals surface area contributed by atoms with Crippen LogP contribution in [0.5, 0.6) is 5.75 Å². The fraction of sp³-hybridized carbons (Fsp3) is 0.278. The Morgan fingerprint density at radius 3 is 2.30 bits per heavy atom. The van der Waals surface area contributed by atoms with Gasteiger partial charge in [0.05, 0.1) is 5.56 Å². The molecule has 0 unspecified atom stereocenters. The van der Waals surface area contributed by atoms with E-state index in [9.17, 15) is 18.0 Å². The summed E-state index contributed by atoms with van der Waals surface area (Å²) in [5.74, 6) is -5.98. The molecule has 0 bridgehead atoms. The van der Waals surface area contributed by atoms with E-state index in [4.69, 9.17) is 4.74 Å². The molecule has 0 amide bonds. The Hall–Kier alpha value is -2.30. The summed E-state index contributed by atoms with van der Waals surface area (Å²) < 4.78 is 44.2. The Morgan fingerprint density at radius 1 is 0.957 bits per heavy atom. The molecule has 0 aliphatic rings. The standard InChI is InChI=1S/C18H17F3O2/c1-2-3-4-5-12-6-8-13(9-7-12)18(22)23-15-11-10-14(19)16(20)17(15)21/h6-11H,2-5H2,1H3. The Labute approximate surface area is 132 Å². The number of halogens is 3. The van der Waals surface area contributed by atoms with Crippen molar-refractivity contribution in [3.8, 4) is 5.75 Å². The second-order valence-electron chi connectivity index (χ2n) is 5.22. The molecule has 0 aliphatic heterocycles. The first-order valence-corrected chi connectivity index (χ1v) is 7.47. The van der Waals surface area contributed by atoms with Gasteiger partial charge in [-0.15, -0.1) is 0 Å². The Balaban J connectivity index is 2.05. The SMILES string of the molecule is CCCCCc1ccc(C(=O)Oc2ccc(F)c(F)c2F)cc1. The predicted molar refractivity (Wildman–Crippen MR) is 80.9 cm³/mol. The summed E-state index contributed by atoms with van der Waals surface area (Å²) >= 11 is 0. The Morgan fingerprint density at radius 2 is 1.65 bits per heavy atom. The number of hydrogen-bond donors (Lipinski definition) is 0. The second kappa shape index (κ2) is 7.81. The van der Waals surface area contributed by atoms with Gasteiger partial charge >= 0.3 is 5.97 Å². The van der Waals surface area contributed by atoms with Crippen molar-refractivity contribution in [2.24, 2.45) is 0 Å². The normalized spacial score (nSPS) is 10.6. The van der Waals surface area contributed by atoms with Crippen LogP contribution in [0.4, 0.5) is 13.2 Å². The lowest BCUT2D eigenvalue weighted by Crippen LogP contribution is -2.10. The smallest absolute Gasteiger partial charge is 0.343 e. The van der Waals surface area contributed by atoms with Crippen LogP contribution in [0, 0.1) is 17.5 Å². The summed E-state index contributed by atoms with van der Waals surface area (Å²) in [7, 11) is 0. The molecule has 0 atom stereocenters. The van der Waals surface area contributed by atoms with Crippen LogP contribution < -0.4 is 4.74 Å². The van der Waals surface area contributed by atoms with Crippen LogP contribution in [-0.4, -0.2) is 5.97 Å². The van der Waals surface area contributed by atoms with Crippen molar-refractivity contribution in [1.29, 1.82) is 0 Å². The van der Waals surface area contributed by atoms with Crippen molar-refractivity contribution in [2.75, 3.05) is 0 Å². The minimum atomic E-state index is -1.67. The van der Waals surface area contributed by atoms with Crippen LogP contribution in [0.2, 0.25) is 0 Å². The van der Waals surface area contributed by atoms with Crippen molar-refractivity contribution < 1.29 is 22.7 Å². The minimum absolute atomic E-state index is 0.216. The number of benzene rings is 2. The van der Waals surface area contributed by atoms with Gasteiger partial charge in [0.25, 0.3) is 0 Å². The lowest BCUT2D eigenvalue weighted by atomic mass is 10.1. The number of rotatable bonds is 6. The molecule has 0 saturated carbocycles. The molecule has 0 aromatic heterocycles. The molecule has 122 valence electrons. The quantitative estimate of drug-likeness (QED) is 0.322. The van der Waals surface area contributed by atoms with E-state index in [0.717, 1.165) is 37.3 Å². The first-order valence-electron chi connectivity index (χ1n) is 7.47. The van der Waals surface area contributed by atoms with Crippen molar-refractivity contribution in [2.45, 2.75) is 32.6 Å². The fourth-order valence-corrected chi connectivity index (χ4v) is 2.13. The number of aryl methyl sites for hydroxylation is 1. The fourth-order valence-electron chi connectivity index (χ4n) is 2.13. The van der Waals surface area contributed by atoms with Gasteiger partial charge in [0.2, 0.25) is 5.82 Å². The Bertz CT molecular complexity index is 681. The first-order chi connectivity index (χ1) is 11.0. The van der Waals surface area contributed by atoms with Gasteiger partial charge in [-0.25, -0.2) is 13.6 Å². The van der Waals surface area contributed by atoms with Crippen LogP contribution >= 0.6 is 0 Å². The maximum atomic E-state index is 13.5. The molecule has 23 heavy (non-hydrogen) atoms. The van der Waals surface area contributed by atoms with Gasteiger partial charge in [-0.05, 0) is 42.7 Å². The number of hydrogen-bond acceptors (Lipinski definition) is 2. The molecule has 0 aliphatic carbocycles. The van der Waals surface area contributed by atoms with Gasteiger partial charge in [-0.2, -0.15) is 4.39 Å². The Kier molecular flexibility index (Phi) is 5.79. The van der Waals surface area contributed by atoms with Gasteiger partial charge in [-0.3, -0.25) is 0 Å². The molecule has 0 heterocycles. The van der Waals surface area contributed by atoms with Crippen LogP contribution in [0.3, 0.4) is 0 Å². The highest BCUT2D eigenvalue weighted by molar-refractivity contribution is 5.91. The van der Waals surface area contributed by atoms with E-state index in [-0.39, 0.29) is 5.56 Å². The summed E-state index contributed by atoms with van der Waals surface area (Å²) in [6.45, 7) is 2.12. The van der Waals surface area contributed by atoms with Gasteiger partial charge in [0, 0.05) is 0 Å². The molecule has 0 N–H and O–H groups in total. The molecule has 2 aromatic rings. The van der Waals surface area contributed by atoms with E-state index in [1.54, 1.807) is 24.3 Å². The average molecular weight is 322 g/mol. The average Bonchev–Trinajstić information content (AvgIpc) is 2.56. The van der Waals surface area contributed by atoms with Crippen LogP contribution in [-0.2, 0) is 6.42 Å². The first kappa shape index (κ1) is 17.1. The topological polar surface area (TPSA) is 26.3 Å². The number of carbonyl (C=O) groups is 1. The lowest BCUT2D eigenvalue weighted by molar-refractivity contribution is 0.0726. The van der Waals surface area contributed by atoms with Crippen molar-refractivity contribution in [3.63, 3.8) is 0 Å². The maximum absolute atomic E-state index is 13.5. The molecule has 0 fully saturated rings. The minimum Gasteiger partial charge on any atom is -0.420 e. The van der Waals surface area contributed by atoms with Crippen LogP contribution in [0.15, 0.2) is 36.4 Å². The van der Waals surface area contributed by atoms with Gasteiger partial charge in [-0.1, -0.05) is 31.9 Å². The van der Waals surface area contributed by atoms with E-state index in [2.05, 4.69) is 6.92 Å². The van der Waals surface area contributed by atoms with Crippen molar-refractivity contribution in [3.05, 3.63) is 65.0 Å². The summed E-state index contributed by atoms with van der Waals surface area (Å²) in [6, 6.07) is 8.33. The molecule has 0 radical (unpaired) electrons. The summed E-state index contributed by atoms with van der Waals surface area (Å²) in [6.07, 6.45) is 4.25. The third-order valence-corrected chi connectivity index (χ3v) is 3.46. The molecule has 0 saturated heterocycles. The van der Waals surface area contributed by atoms with Crippen LogP contribution in [0.1, 0.15) is 42.1 Å². The van der Waals surface area contributed by atoms with Crippen LogP contribution in [0.25, 0.3) is 0 Å². The van der Waals surface area contributed by atoms with E-state index in [1.807, 2.05) is 0 Å². The third-order valence-electron chi connectivity index (χ3n) is 3.46. The number of esters is 1. The highest BCUT2D eigenvalue weighted by Gasteiger charge is 2.17. The molecular formula is C18H17F3O2. The zero-order valence-electron chi connectivity index (χ0n) is 12.7. The highest BCUT2D eigenvalue weighted by atomic mass is 19.2. The number of unbranched alkanes of at least 4 members (excludes halogenated alkanes) is 2. The zero-order chi connectivity index (χ0) is 16.8. The van der Waals surface area contributed by atoms with E-state index in [1.165, 1.54) is 0 Å². The largest absolute Gasteiger partial charge is 0.420 e. The molecule has 5 heteroatoms. The molecule has 2 nitrogen and oxygen atoms in total. The molecule has 2 rings (SSSR count). The molecule has 2 aromatic carbocycles. The predicted octanol–water partition coefficient (Wildman–Crippen LogP) is 5.06. The zero-order valence-corrected chi connectivity index (χ0v) is 12.7.